The van der Waals surface area contributed by atoms with Crippen molar-refractivity contribution in [1.29, 1.82) is 0 Å². The molecule has 0 radical (unpaired) electrons. The van der Waals surface area contributed by atoms with E-state index >= 15 is 0 Å². The summed E-state index contributed by atoms with van der Waals surface area (Å²) < 4.78 is 10.9. The number of carboxylic acid groups (broad SMARTS) is 1. The minimum atomic E-state index is -1.02. The summed E-state index contributed by atoms with van der Waals surface area (Å²) in [5, 5.41) is 10.8. The molecule has 7 heteroatoms. The molecular formula is C21H18N2O5. The van der Waals surface area contributed by atoms with Crippen LogP contribution < -0.4 is 9.47 Å². The molecule has 2 aliphatic heterocycles. The number of fused-ring (bicyclic) bond motifs is 4. The lowest BCUT2D eigenvalue weighted by Crippen LogP contribution is -2.50. The number of aromatic amines is 1. The van der Waals surface area contributed by atoms with E-state index in [2.05, 4.69) is 4.98 Å². The maximum Gasteiger partial charge on any atom is 0.326 e. The summed E-state index contributed by atoms with van der Waals surface area (Å²) in [5.41, 5.74) is 3.47. The Bertz CT molecular complexity index is 1120. The van der Waals surface area contributed by atoms with E-state index in [4.69, 9.17) is 9.47 Å². The highest BCUT2D eigenvalue weighted by Gasteiger charge is 2.42. The lowest BCUT2D eigenvalue weighted by molar-refractivity contribution is -0.151. The Hall–Kier alpha value is -3.48. The summed E-state index contributed by atoms with van der Waals surface area (Å²) in [7, 11) is 0. The number of rotatable bonds is 2. The number of nitrogens with one attached hydrogen (secondary N) is 1. The van der Waals surface area contributed by atoms with E-state index in [9.17, 15) is 14.7 Å². The van der Waals surface area contributed by atoms with Gasteiger partial charge in [0.1, 0.15) is 6.04 Å². The first-order chi connectivity index (χ1) is 13.5. The molecule has 0 saturated carbocycles. The summed E-state index contributed by atoms with van der Waals surface area (Å²) in [6.45, 7) is 1.55. The van der Waals surface area contributed by atoms with Gasteiger partial charge in [0, 0.05) is 29.9 Å². The van der Waals surface area contributed by atoms with Crippen LogP contribution in [0.1, 0.15) is 29.8 Å². The van der Waals surface area contributed by atoms with Crippen LogP contribution in [0.25, 0.3) is 10.9 Å². The SMILES string of the molecule is CC(=O)N1[C@@H](c2ccc3c(c2)OCO3)c2[nH]c3ccccc3c2C[C@H]1C(=O)O. The largest absolute Gasteiger partial charge is 0.480 e. The van der Waals surface area contributed by atoms with Gasteiger partial charge in [-0.1, -0.05) is 24.3 Å². The molecule has 0 spiro atoms. The van der Waals surface area contributed by atoms with E-state index in [1.165, 1.54) is 11.8 Å². The number of benzene rings is 2. The summed E-state index contributed by atoms with van der Waals surface area (Å²) in [5.74, 6) is -0.0760. The molecule has 3 aromatic rings. The number of hydrogen-bond acceptors (Lipinski definition) is 4. The average Bonchev–Trinajstić information content (AvgIpc) is 3.29. The Labute approximate surface area is 160 Å². The van der Waals surface area contributed by atoms with E-state index < -0.39 is 18.1 Å². The third-order valence-corrected chi connectivity index (χ3v) is 5.49. The van der Waals surface area contributed by atoms with Crippen molar-refractivity contribution in [2.75, 3.05) is 6.79 Å². The molecule has 0 fully saturated rings. The van der Waals surface area contributed by atoms with Crippen LogP contribution in [0.5, 0.6) is 11.5 Å². The number of aliphatic carboxylic acids is 1. The Balaban J connectivity index is 1.76. The van der Waals surface area contributed by atoms with Crippen LogP contribution in [0.3, 0.4) is 0 Å². The lowest BCUT2D eigenvalue weighted by Gasteiger charge is -2.40. The van der Waals surface area contributed by atoms with Crippen molar-refractivity contribution < 1.29 is 24.2 Å². The number of amides is 1. The van der Waals surface area contributed by atoms with Crippen molar-refractivity contribution in [2.45, 2.75) is 25.4 Å². The third-order valence-electron chi connectivity index (χ3n) is 5.49. The Kier molecular flexibility index (Phi) is 3.58. The van der Waals surface area contributed by atoms with Gasteiger partial charge < -0.3 is 24.5 Å². The number of nitrogens with zero attached hydrogens (tertiary/aromatic N) is 1. The van der Waals surface area contributed by atoms with E-state index in [0.29, 0.717) is 11.5 Å². The standard InChI is InChI=1S/C21H18N2O5/c1-11(24)23-16(21(25)26)9-14-13-4-2-3-5-15(13)22-19(14)20(23)12-6-7-17-18(8-12)28-10-27-17/h2-8,16,20,22H,9-10H2,1H3,(H,25,26)/t16-,20-/m0/s1. The molecule has 1 amide bonds. The maximum absolute atomic E-state index is 12.5. The van der Waals surface area contributed by atoms with Crippen molar-refractivity contribution in [1.82, 2.24) is 9.88 Å². The summed E-state index contributed by atoms with van der Waals surface area (Å²) in [6, 6.07) is 11.8. The van der Waals surface area contributed by atoms with E-state index in [0.717, 1.165) is 27.7 Å². The van der Waals surface area contributed by atoms with Crippen LogP contribution in [0, 0.1) is 0 Å². The van der Waals surface area contributed by atoms with Crippen molar-refractivity contribution in [3.05, 3.63) is 59.3 Å². The van der Waals surface area contributed by atoms with Gasteiger partial charge >= 0.3 is 5.97 Å². The molecule has 3 heterocycles. The molecule has 5 rings (SSSR count). The van der Waals surface area contributed by atoms with Crippen molar-refractivity contribution in [3.8, 4) is 11.5 Å². The first-order valence-corrected chi connectivity index (χ1v) is 9.05. The zero-order valence-electron chi connectivity index (χ0n) is 15.1. The highest BCUT2D eigenvalue weighted by atomic mass is 16.7. The average molecular weight is 378 g/mol. The van der Waals surface area contributed by atoms with Gasteiger partial charge in [0.2, 0.25) is 12.7 Å². The normalized spacial score (nSPS) is 20.2. The molecular weight excluding hydrogens is 360 g/mol. The third kappa shape index (κ3) is 2.36. The van der Waals surface area contributed by atoms with Crippen LogP contribution in [0.15, 0.2) is 42.5 Å². The maximum atomic E-state index is 12.5. The van der Waals surface area contributed by atoms with Gasteiger partial charge in [-0.25, -0.2) is 4.79 Å². The second-order valence-corrected chi connectivity index (χ2v) is 7.06. The van der Waals surface area contributed by atoms with E-state index in [1.807, 2.05) is 36.4 Å². The number of hydrogen-bond donors (Lipinski definition) is 2. The second kappa shape index (κ2) is 6.02. The predicted molar refractivity (Wildman–Crippen MR) is 100 cm³/mol. The number of H-pyrrole nitrogens is 1. The lowest BCUT2D eigenvalue weighted by atomic mass is 9.88. The molecule has 0 bridgehead atoms. The zero-order chi connectivity index (χ0) is 19.4. The number of ether oxygens (including phenoxy) is 2. The monoisotopic (exact) mass is 378 g/mol. The van der Waals surface area contributed by atoms with Crippen molar-refractivity contribution in [3.63, 3.8) is 0 Å². The van der Waals surface area contributed by atoms with Gasteiger partial charge in [0.05, 0.1) is 6.04 Å². The number of para-hydroxylation sites is 1. The molecule has 2 N–H and O–H groups in total. The fraction of sp³-hybridized carbons (Fsp3) is 0.238. The fourth-order valence-corrected chi connectivity index (χ4v) is 4.30. The highest BCUT2D eigenvalue weighted by Crippen LogP contribution is 2.43. The van der Waals surface area contributed by atoms with Gasteiger partial charge in [-0.15, -0.1) is 0 Å². The van der Waals surface area contributed by atoms with E-state index in [-0.39, 0.29) is 19.1 Å². The summed E-state index contributed by atoms with van der Waals surface area (Å²) in [6.07, 6.45) is 0.259. The Morgan fingerprint density at radius 2 is 1.93 bits per heavy atom. The minimum Gasteiger partial charge on any atom is -0.480 e. The Morgan fingerprint density at radius 3 is 2.71 bits per heavy atom. The summed E-state index contributed by atoms with van der Waals surface area (Å²) in [4.78, 5) is 29.5. The van der Waals surface area contributed by atoms with Gasteiger partial charge in [0.15, 0.2) is 11.5 Å². The molecule has 0 saturated heterocycles. The number of carboxylic acids is 1. The molecule has 2 aromatic carbocycles. The Morgan fingerprint density at radius 1 is 1.14 bits per heavy atom. The van der Waals surface area contributed by atoms with E-state index in [1.54, 1.807) is 6.07 Å². The predicted octanol–water partition coefficient (Wildman–Crippen LogP) is 2.84. The molecule has 0 unspecified atom stereocenters. The number of carbonyl (C=O) groups is 2. The van der Waals surface area contributed by atoms with Crippen molar-refractivity contribution in [2.24, 2.45) is 0 Å². The molecule has 1 aromatic heterocycles. The topological polar surface area (TPSA) is 91.9 Å². The van der Waals surface area contributed by atoms with Crippen LogP contribution in [-0.4, -0.2) is 39.7 Å². The molecule has 28 heavy (non-hydrogen) atoms. The van der Waals surface area contributed by atoms with Crippen LogP contribution in [0.2, 0.25) is 0 Å². The smallest absolute Gasteiger partial charge is 0.326 e. The van der Waals surface area contributed by atoms with Crippen molar-refractivity contribution >= 4 is 22.8 Å². The first-order valence-electron chi connectivity index (χ1n) is 9.05. The molecule has 0 aliphatic carbocycles. The molecule has 142 valence electrons. The van der Waals surface area contributed by atoms with Gasteiger partial charge in [-0.3, -0.25) is 4.79 Å². The van der Waals surface area contributed by atoms with Crippen LogP contribution in [-0.2, 0) is 16.0 Å². The quantitative estimate of drug-likeness (QED) is 0.715. The molecule has 7 nitrogen and oxygen atoms in total. The van der Waals surface area contributed by atoms with Gasteiger partial charge in [-0.05, 0) is 29.3 Å². The van der Waals surface area contributed by atoms with Crippen LogP contribution in [0.4, 0.5) is 0 Å². The van der Waals surface area contributed by atoms with Crippen LogP contribution >= 0.6 is 0 Å². The second-order valence-electron chi connectivity index (χ2n) is 7.06. The highest BCUT2D eigenvalue weighted by molar-refractivity contribution is 5.90. The molecule has 2 aliphatic rings. The van der Waals surface area contributed by atoms with Gasteiger partial charge in [0.25, 0.3) is 0 Å². The summed E-state index contributed by atoms with van der Waals surface area (Å²) >= 11 is 0. The fourth-order valence-electron chi connectivity index (χ4n) is 4.30. The minimum absolute atomic E-state index is 0.148. The first kappa shape index (κ1) is 16.7. The zero-order valence-corrected chi connectivity index (χ0v) is 15.1. The number of aromatic nitrogens is 1. The number of carbonyl (C=O) groups excluding carboxylic acids is 1. The molecule has 2 atom stereocenters. The van der Waals surface area contributed by atoms with Gasteiger partial charge in [-0.2, -0.15) is 0 Å².